The van der Waals surface area contributed by atoms with Gasteiger partial charge in [0.1, 0.15) is 5.82 Å². The molecule has 1 aromatic heterocycles. The lowest BCUT2D eigenvalue weighted by atomic mass is 10.2. The van der Waals surface area contributed by atoms with E-state index >= 15 is 0 Å². The molecule has 0 aliphatic carbocycles. The highest BCUT2D eigenvalue weighted by Gasteiger charge is 2.06. The fourth-order valence-electron chi connectivity index (χ4n) is 1.98. The van der Waals surface area contributed by atoms with Crippen LogP contribution in [0.1, 0.15) is 25.1 Å². The number of carboxylic acids is 1. The van der Waals surface area contributed by atoms with Gasteiger partial charge in [0.25, 0.3) is 0 Å². The molecular formula is C13H16N2O2. The zero-order chi connectivity index (χ0) is 12.3. The second-order valence-corrected chi connectivity index (χ2v) is 4.18. The van der Waals surface area contributed by atoms with Crippen molar-refractivity contribution in [2.75, 3.05) is 0 Å². The number of carbonyl (C=O) groups is 1. The number of hydrogen-bond donors (Lipinski definition) is 1. The quantitative estimate of drug-likeness (QED) is 0.805. The van der Waals surface area contributed by atoms with Gasteiger partial charge >= 0.3 is 5.97 Å². The Labute approximate surface area is 99.9 Å². The highest BCUT2D eigenvalue weighted by atomic mass is 16.4. The van der Waals surface area contributed by atoms with Crippen LogP contribution in [0.25, 0.3) is 11.0 Å². The number of para-hydroxylation sites is 2. The number of aryl methyl sites for hydroxylation is 2. The maximum atomic E-state index is 10.4. The third-order valence-electron chi connectivity index (χ3n) is 2.92. The van der Waals surface area contributed by atoms with Crippen molar-refractivity contribution in [2.45, 2.75) is 25.7 Å². The summed E-state index contributed by atoms with van der Waals surface area (Å²) in [5, 5.41) is 8.56. The summed E-state index contributed by atoms with van der Waals surface area (Å²) in [4.78, 5) is 14.9. The number of aromatic nitrogens is 2. The van der Waals surface area contributed by atoms with Crippen molar-refractivity contribution in [3.05, 3.63) is 30.1 Å². The molecule has 0 unspecified atom stereocenters. The number of rotatable bonds is 5. The fraction of sp³-hybridized carbons (Fsp3) is 0.385. The molecule has 1 N–H and O–H groups in total. The largest absolute Gasteiger partial charge is 0.481 e. The van der Waals surface area contributed by atoms with Crippen molar-refractivity contribution < 1.29 is 9.90 Å². The molecule has 0 aliphatic heterocycles. The van der Waals surface area contributed by atoms with Crippen molar-refractivity contribution in [3.63, 3.8) is 0 Å². The van der Waals surface area contributed by atoms with Crippen LogP contribution in [0.15, 0.2) is 24.3 Å². The minimum absolute atomic E-state index is 0.240. The molecule has 0 aliphatic rings. The molecule has 90 valence electrons. The van der Waals surface area contributed by atoms with Gasteiger partial charge in [0.05, 0.1) is 11.0 Å². The first-order valence-corrected chi connectivity index (χ1v) is 5.80. The third kappa shape index (κ3) is 2.64. The Bertz CT molecular complexity index is 531. The molecule has 0 saturated heterocycles. The average molecular weight is 232 g/mol. The van der Waals surface area contributed by atoms with E-state index in [2.05, 4.69) is 9.55 Å². The van der Waals surface area contributed by atoms with E-state index in [1.807, 2.05) is 31.3 Å². The summed E-state index contributed by atoms with van der Waals surface area (Å²) >= 11 is 0. The zero-order valence-electron chi connectivity index (χ0n) is 9.89. The lowest BCUT2D eigenvalue weighted by Gasteiger charge is -2.01. The third-order valence-corrected chi connectivity index (χ3v) is 2.92. The van der Waals surface area contributed by atoms with E-state index in [9.17, 15) is 4.79 Å². The molecular weight excluding hydrogens is 216 g/mol. The van der Waals surface area contributed by atoms with Gasteiger partial charge in [-0.3, -0.25) is 4.79 Å². The predicted octanol–water partition coefficient (Wildman–Crippen LogP) is 2.37. The first-order valence-electron chi connectivity index (χ1n) is 5.80. The topological polar surface area (TPSA) is 55.1 Å². The van der Waals surface area contributed by atoms with E-state index in [0.29, 0.717) is 6.42 Å². The highest BCUT2D eigenvalue weighted by Crippen LogP contribution is 2.15. The van der Waals surface area contributed by atoms with Crippen LogP contribution in [0.5, 0.6) is 0 Å². The molecule has 0 saturated carbocycles. The summed E-state index contributed by atoms with van der Waals surface area (Å²) in [7, 11) is 2.00. The summed E-state index contributed by atoms with van der Waals surface area (Å²) in [5.74, 6) is 0.298. The molecule has 0 radical (unpaired) electrons. The van der Waals surface area contributed by atoms with E-state index in [-0.39, 0.29) is 6.42 Å². The average Bonchev–Trinajstić information content (AvgIpc) is 2.63. The number of fused-ring (bicyclic) bond motifs is 1. The summed E-state index contributed by atoms with van der Waals surface area (Å²) < 4.78 is 2.08. The first kappa shape index (κ1) is 11.6. The van der Waals surface area contributed by atoms with Crippen LogP contribution in [0, 0.1) is 0 Å². The lowest BCUT2D eigenvalue weighted by molar-refractivity contribution is -0.137. The van der Waals surface area contributed by atoms with E-state index in [4.69, 9.17) is 5.11 Å². The van der Waals surface area contributed by atoms with E-state index in [1.165, 1.54) is 0 Å². The van der Waals surface area contributed by atoms with Gasteiger partial charge in [-0.1, -0.05) is 12.1 Å². The van der Waals surface area contributed by atoms with Crippen LogP contribution >= 0.6 is 0 Å². The first-order chi connectivity index (χ1) is 8.18. The zero-order valence-corrected chi connectivity index (χ0v) is 9.89. The van der Waals surface area contributed by atoms with Crippen molar-refractivity contribution in [2.24, 2.45) is 7.05 Å². The predicted molar refractivity (Wildman–Crippen MR) is 65.9 cm³/mol. The second-order valence-electron chi connectivity index (χ2n) is 4.18. The molecule has 1 heterocycles. The summed E-state index contributed by atoms with van der Waals surface area (Å²) in [6.45, 7) is 0. The van der Waals surface area contributed by atoms with Crippen LogP contribution in [-0.4, -0.2) is 20.6 Å². The fourth-order valence-corrected chi connectivity index (χ4v) is 1.98. The van der Waals surface area contributed by atoms with E-state index in [1.54, 1.807) is 0 Å². The SMILES string of the molecule is Cn1c(CCCCC(=O)O)nc2ccccc21. The summed E-state index contributed by atoms with van der Waals surface area (Å²) in [5.41, 5.74) is 2.13. The molecule has 2 aromatic rings. The van der Waals surface area contributed by atoms with E-state index in [0.717, 1.165) is 29.7 Å². The van der Waals surface area contributed by atoms with Crippen LogP contribution in [0.2, 0.25) is 0 Å². The van der Waals surface area contributed by atoms with Crippen LogP contribution < -0.4 is 0 Å². The Morgan fingerprint density at radius 1 is 1.35 bits per heavy atom. The smallest absolute Gasteiger partial charge is 0.303 e. The highest BCUT2D eigenvalue weighted by molar-refractivity contribution is 5.75. The molecule has 4 heteroatoms. The van der Waals surface area contributed by atoms with Gasteiger partial charge in [0.15, 0.2) is 0 Å². The van der Waals surface area contributed by atoms with Crippen molar-refractivity contribution in [1.82, 2.24) is 9.55 Å². The molecule has 0 atom stereocenters. The van der Waals surface area contributed by atoms with Gasteiger partial charge in [0.2, 0.25) is 0 Å². The van der Waals surface area contributed by atoms with Gasteiger partial charge in [0, 0.05) is 19.9 Å². The maximum absolute atomic E-state index is 10.4. The monoisotopic (exact) mass is 232 g/mol. The Morgan fingerprint density at radius 3 is 2.82 bits per heavy atom. The van der Waals surface area contributed by atoms with Crippen LogP contribution in [0.3, 0.4) is 0 Å². The summed E-state index contributed by atoms with van der Waals surface area (Å²) in [6.07, 6.45) is 2.64. The maximum Gasteiger partial charge on any atom is 0.303 e. The normalized spacial score (nSPS) is 10.9. The minimum atomic E-state index is -0.727. The number of unbranched alkanes of at least 4 members (excludes halogenated alkanes) is 1. The van der Waals surface area contributed by atoms with Gasteiger partial charge in [-0.05, 0) is 25.0 Å². The number of hydrogen-bond acceptors (Lipinski definition) is 2. The molecule has 0 fully saturated rings. The number of nitrogens with zero attached hydrogens (tertiary/aromatic N) is 2. The molecule has 2 rings (SSSR count). The standard InChI is InChI=1S/C13H16N2O2/c1-15-11-7-3-2-6-10(11)14-12(15)8-4-5-9-13(16)17/h2-3,6-7H,4-5,8-9H2,1H3,(H,16,17). The minimum Gasteiger partial charge on any atom is -0.481 e. The molecule has 17 heavy (non-hydrogen) atoms. The lowest BCUT2D eigenvalue weighted by Crippen LogP contribution is -1.99. The van der Waals surface area contributed by atoms with Gasteiger partial charge in [-0.2, -0.15) is 0 Å². The van der Waals surface area contributed by atoms with Gasteiger partial charge < -0.3 is 9.67 Å². The van der Waals surface area contributed by atoms with Crippen molar-refractivity contribution >= 4 is 17.0 Å². The molecule has 0 amide bonds. The van der Waals surface area contributed by atoms with Gasteiger partial charge in [-0.25, -0.2) is 4.98 Å². The molecule has 4 nitrogen and oxygen atoms in total. The molecule has 0 bridgehead atoms. The Balaban J connectivity index is 2.04. The Hall–Kier alpha value is -1.84. The summed E-state index contributed by atoms with van der Waals surface area (Å²) in [6, 6.07) is 8.01. The Morgan fingerprint density at radius 2 is 2.12 bits per heavy atom. The Kier molecular flexibility index (Phi) is 3.42. The molecule has 0 spiro atoms. The number of carboxylic acid groups (broad SMARTS) is 1. The molecule has 1 aromatic carbocycles. The number of imidazole rings is 1. The van der Waals surface area contributed by atoms with Crippen molar-refractivity contribution in [1.29, 1.82) is 0 Å². The van der Waals surface area contributed by atoms with Crippen LogP contribution in [-0.2, 0) is 18.3 Å². The van der Waals surface area contributed by atoms with E-state index < -0.39 is 5.97 Å². The van der Waals surface area contributed by atoms with Gasteiger partial charge in [-0.15, -0.1) is 0 Å². The second kappa shape index (κ2) is 4.99. The number of aliphatic carboxylic acids is 1. The van der Waals surface area contributed by atoms with Crippen molar-refractivity contribution in [3.8, 4) is 0 Å². The van der Waals surface area contributed by atoms with Crippen LogP contribution in [0.4, 0.5) is 0 Å². The number of benzene rings is 1.